The summed E-state index contributed by atoms with van der Waals surface area (Å²) in [4.78, 5) is 20.1. The van der Waals surface area contributed by atoms with Gasteiger partial charge in [-0.2, -0.15) is 0 Å². The van der Waals surface area contributed by atoms with Gasteiger partial charge in [-0.15, -0.1) is 0 Å². The zero-order valence-electron chi connectivity index (χ0n) is 10.3. The average Bonchev–Trinajstić information content (AvgIpc) is 2.31. The van der Waals surface area contributed by atoms with E-state index in [0.717, 1.165) is 22.4 Å². The third kappa shape index (κ3) is 2.25. The summed E-state index contributed by atoms with van der Waals surface area (Å²) in [5, 5.41) is 1.58. The highest BCUT2D eigenvalue weighted by Gasteiger charge is 2.27. The molecule has 1 aliphatic rings. The lowest BCUT2D eigenvalue weighted by atomic mass is 10.2. The van der Waals surface area contributed by atoms with Crippen molar-refractivity contribution in [2.75, 3.05) is 13.1 Å². The minimum absolute atomic E-state index is 0.0122. The van der Waals surface area contributed by atoms with Gasteiger partial charge in [0.15, 0.2) is 0 Å². The monoisotopic (exact) mass is 245 g/mol. The summed E-state index contributed by atoms with van der Waals surface area (Å²) in [6.07, 6.45) is 4.11. The number of rotatable bonds is 4. The lowest BCUT2D eigenvalue weighted by Crippen LogP contribution is -2.53. The van der Waals surface area contributed by atoms with Gasteiger partial charge < -0.3 is 9.64 Å². The first kappa shape index (κ1) is 12.3. The van der Waals surface area contributed by atoms with Crippen molar-refractivity contribution in [1.82, 2.24) is 9.88 Å². The topological polar surface area (TPSA) is 54.8 Å². The first-order valence-corrected chi connectivity index (χ1v) is 5.62. The molecule has 2 heterocycles. The Kier molecular flexibility index (Phi) is 3.41. The maximum atomic E-state index is 10.5. The van der Waals surface area contributed by atoms with Gasteiger partial charge in [0.05, 0.1) is 18.3 Å². The summed E-state index contributed by atoms with van der Waals surface area (Å²) in [6, 6.07) is 0. The number of hydrogen-bond donors (Lipinski definition) is 0. The molecule has 1 saturated heterocycles. The van der Waals surface area contributed by atoms with Crippen LogP contribution in [0.4, 0.5) is 0 Å². The normalized spacial score (nSPS) is 16.3. The van der Waals surface area contributed by atoms with Gasteiger partial charge >= 0.3 is 0 Å². The van der Waals surface area contributed by atoms with Gasteiger partial charge in [0, 0.05) is 12.4 Å². The van der Waals surface area contributed by atoms with Crippen LogP contribution < -0.4 is 15.2 Å². The largest absolute Gasteiger partial charge is 0.470 e. The van der Waals surface area contributed by atoms with E-state index in [1.807, 2.05) is 6.92 Å². The van der Waals surface area contributed by atoms with E-state index in [4.69, 9.17) is 4.74 Å². The van der Waals surface area contributed by atoms with Crippen molar-refractivity contribution in [3.8, 4) is 5.88 Å². The number of carbonyl (C=O) groups excluding carboxylic acids is 1. The third-order valence-corrected chi connectivity index (χ3v) is 2.93. The number of carbonyl (C=O) groups is 1. The Morgan fingerprint density at radius 1 is 1.61 bits per heavy atom. The Morgan fingerprint density at radius 2 is 2.33 bits per heavy atom. The molecule has 0 bridgehead atoms. The van der Waals surface area contributed by atoms with Crippen molar-refractivity contribution in [3.63, 3.8) is 0 Å². The number of aryl methyl sites for hydroxylation is 1. The molecule has 0 aliphatic carbocycles. The van der Waals surface area contributed by atoms with Crippen LogP contribution in [0.25, 0.3) is 12.8 Å². The minimum Gasteiger partial charge on any atom is -0.470 e. The minimum atomic E-state index is -0.0122. The van der Waals surface area contributed by atoms with Crippen molar-refractivity contribution in [2.24, 2.45) is 4.99 Å². The maximum absolute atomic E-state index is 10.5. The van der Waals surface area contributed by atoms with Crippen LogP contribution in [-0.2, 0) is 4.79 Å². The molecule has 2 rings (SSSR count). The summed E-state index contributed by atoms with van der Waals surface area (Å²) in [6.45, 7) is 10.5. The summed E-state index contributed by atoms with van der Waals surface area (Å²) >= 11 is 0. The molecule has 1 amide bonds. The predicted octanol–water partition coefficient (Wildman–Crippen LogP) is -0.542. The van der Waals surface area contributed by atoms with Crippen molar-refractivity contribution in [3.05, 3.63) is 22.2 Å². The highest BCUT2D eigenvalue weighted by molar-refractivity contribution is 5.49. The molecule has 1 aromatic rings. The Hall–Kier alpha value is -2.17. The maximum Gasteiger partial charge on any atom is 0.223 e. The second-order valence-corrected chi connectivity index (χ2v) is 4.25. The Balaban J connectivity index is 2.26. The standard InChI is InChI=1S/C13H15N3O2/c1-9-4-15-13(12(5-14-3)10(9)2)18-11-6-16(7-11)8-17/h4-5,8,11H,2-3,6-7H2,1H3/b12-5+. The number of nitrogens with zero attached hydrogens (tertiary/aromatic N) is 3. The van der Waals surface area contributed by atoms with Crippen LogP contribution in [0.15, 0.2) is 11.2 Å². The van der Waals surface area contributed by atoms with Crippen molar-refractivity contribution in [1.29, 1.82) is 0 Å². The number of aromatic nitrogens is 1. The zero-order valence-corrected chi connectivity index (χ0v) is 10.3. The first-order chi connectivity index (χ1) is 8.65. The molecule has 94 valence electrons. The van der Waals surface area contributed by atoms with Crippen LogP contribution in [-0.4, -0.2) is 42.2 Å². The van der Waals surface area contributed by atoms with E-state index in [0.29, 0.717) is 19.0 Å². The van der Waals surface area contributed by atoms with E-state index in [1.54, 1.807) is 17.3 Å². The fourth-order valence-corrected chi connectivity index (χ4v) is 1.75. The summed E-state index contributed by atoms with van der Waals surface area (Å²) in [5.41, 5.74) is 0.973. The van der Waals surface area contributed by atoms with E-state index in [1.165, 1.54) is 0 Å². The number of likely N-dealkylation sites (tertiary alicyclic amines) is 1. The molecule has 0 saturated carbocycles. The second kappa shape index (κ2) is 5.00. The molecule has 1 aromatic heterocycles. The SMILES string of the molecule is C=N/C=c1/c(OC2CN(C=O)C2)ncc(C)c1=C. The fraction of sp³-hybridized carbons (Fsp3) is 0.308. The number of ether oxygens (including phenoxy) is 1. The molecule has 0 atom stereocenters. The third-order valence-electron chi connectivity index (χ3n) is 2.93. The molecule has 0 spiro atoms. The molecule has 1 fully saturated rings. The highest BCUT2D eigenvalue weighted by Crippen LogP contribution is 2.10. The molecule has 0 aromatic carbocycles. The molecule has 1 aliphatic heterocycles. The van der Waals surface area contributed by atoms with Gasteiger partial charge in [0.1, 0.15) is 6.10 Å². The van der Waals surface area contributed by atoms with Crippen LogP contribution in [0.3, 0.4) is 0 Å². The van der Waals surface area contributed by atoms with Gasteiger partial charge in [-0.05, 0) is 24.4 Å². The van der Waals surface area contributed by atoms with E-state index in [-0.39, 0.29) is 6.10 Å². The number of pyridine rings is 1. The Morgan fingerprint density at radius 3 is 2.94 bits per heavy atom. The predicted molar refractivity (Wildman–Crippen MR) is 69.8 cm³/mol. The molecule has 5 nitrogen and oxygen atoms in total. The van der Waals surface area contributed by atoms with Gasteiger partial charge in [-0.1, -0.05) is 6.58 Å². The molecular weight excluding hydrogens is 230 g/mol. The summed E-state index contributed by atoms with van der Waals surface area (Å²) in [5.74, 6) is 0.494. The van der Waals surface area contributed by atoms with Crippen molar-refractivity contribution >= 4 is 25.9 Å². The van der Waals surface area contributed by atoms with Crippen LogP contribution >= 0.6 is 0 Å². The molecule has 0 unspecified atom stereocenters. The summed E-state index contributed by atoms with van der Waals surface area (Å²) in [7, 11) is 0. The zero-order chi connectivity index (χ0) is 13.1. The Labute approximate surface area is 105 Å². The van der Waals surface area contributed by atoms with Crippen LogP contribution in [0.1, 0.15) is 5.56 Å². The fourth-order valence-electron chi connectivity index (χ4n) is 1.75. The van der Waals surface area contributed by atoms with Crippen molar-refractivity contribution in [2.45, 2.75) is 13.0 Å². The molecule has 5 heteroatoms. The Bertz CT molecular complexity index is 577. The van der Waals surface area contributed by atoms with Crippen LogP contribution in [0, 0.1) is 6.92 Å². The highest BCUT2D eigenvalue weighted by atomic mass is 16.5. The second-order valence-electron chi connectivity index (χ2n) is 4.25. The number of amides is 1. The van der Waals surface area contributed by atoms with E-state index < -0.39 is 0 Å². The van der Waals surface area contributed by atoms with E-state index >= 15 is 0 Å². The molecule has 0 N–H and O–H groups in total. The molecule has 0 radical (unpaired) electrons. The van der Waals surface area contributed by atoms with Gasteiger partial charge in [0.2, 0.25) is 12.3 Å². The smallest absolute Gasteiger partial charge is 0.223 e. The first-order valence-electron chi connectivity index (χ1n) is 5.62. The average molecular weight is 245 g/mol. The lowest BCUT2D eigenvalue weighted by molar-refractivity contribution is -0.126. The van der Waals surface area contributed by atoms with E-state index in [2.05, 4.69) is 23.3 Å². The van der Waals surface area contributed by atoms with Gasteiger partial charge in [0.25, 0.3) is 0 Å². The number of aliphatic imine (C=N–C) groups is 1. The van der Waals surface area contributed by atoms with Gasteiger partial charge in [-0.3, -0.25) is 9.79 Å². The number of hydrogen-bond acceptors (Lipinski definition) is 4. The molecular formula is C13H15N3O2. The van der Waals surface area contributed by atoms with Crippen LogP contribution in [0.5, 0.6) is 5.88 Å². The van der Waals surface area contributed by atoms with E-state index in [9.17, 15) is 4.79 Å². The van der Waals surface area contributed by atoms with Crippen molar-refractivity contribution < 1.29 is 9.53 Å². The lowest BCUT2D eigenvalue weighted by Gasteiger charge is -2.35. The summed E-state index contributed by atoms with van der Waals surface area (Å²) < 4.78 is 5.73. The quantitative estimate of drug-likeness (QED) is 0.529. The van der Waals surface area contributed by atoms with Gasteiger partial charge in [-0.25, -0.2) is 4.98 Å². The van der Waals surface area contributed by atoms with Crippen LogP contribution in [0.2, 0.25) is 0 Å². The molecule has 18 heavy (non-hydrogen) atoms.